The maximum absolute atomic E-state index is 11.5. The van der Waals surface area contributed by atoms with Crippen LogP contribution in [0.25, 0.3) is 0 Å². The summed E-state index contributed by atoms with van der Waals surface area (Å²) in [6.45, 7) is 7.02. The molecule has 6 nitrogen and oxygen atoms in total. The van der Waals surface area contributed by atoms with E-state index in [9.17, 15) is 15.0 Å². The third kappa shape index (κ3) is 5.68. The van der Waals surface area contributed by atoms with Crippen molar-refractivity contribution in [2.24, 2.45) is 5.41 Å². The molecule has 1 saturated heterocycles. The summed E-state index contributed by atoms with van der Waals surface area (Å²) in [5, 5.41) is 22.1. The third-order valence-electron chi connectivity index (χ3n) is 4.66. The van der Waals surface area contributed by atoms with Gasteiger partial charge in [0.25, 0.3) is 0 Å². The van der Waals surface area contributed by atoms with E-state index in [-0.39, 0.29) is 23.4 Å². The summed E-state index contributed by atoms with van der Waals surface area (Å²) in [6, 6.07) is 7.48. The first-order chi connectivity index (χ1) is 12.2. The van der Waals surface area contributed by atoms with E-state index in [4.69, 9.17) is 16.3 Å². The van der Waals surface area contributed by atoms with E-state index in [0.29, 0.717) is 25.9 Å². The largest absolute Gasteiger partial charge is 0.490 e. The first-order valence-corrected chi connectivity index (χ1v) is 9.48. The molecule has 3 N–H and O–H groups in total. The molecule has 1 heterocycles. The molecule has 0 saturated carbocycles. The van der Waals surface area contributed by atoms with Crippen molar-refractivity contribution in [3.8, 4) is 5.75 Å². The number of alkyl halides is 1. The minimum absolute atomic E-state index is 0.0292. The quantitative estimate of drug-likeness (QED) is 0.652. The summed E-state index contributed by atoms with van der Waals surface area (Å²) in [6.07, 6.45) is -0.167. The van der Waals surface area contributed by atoms with Crippen molar-refractivity contribution in [3.05, 3.63) is 24.3 Å². The Labute approximate surface area is 160 Å². The van der Waals surface area contributed by atoms with Crippen LogP contribution in [-0.2, 0) is 0 Å². The lowest BCUT2D eigenvalue weighted by molar-refractivity contribution is 0.0130. The van der Waals surface area contributed by atoms with Crippen molar-refractivity contribution in [1.82, 2.24) is 4.90 Å². The summed E-state index contributed by atoms with van der Waals surface area (Å²) in [5.41, 5.74) is 0.698. The SMILES string of the molecule is CC(C)(C)C1CC(Oc2cccc(NCC(O)CCl)c2)CCN1C(=O)O. The van der Waals surface area contributed by atoms with Gasteiger partial charge in [0.05, 0.1) is 12.0 Å². The molecule has 0 aromatic heterocycles. The number of carbonyl (C=O) groups is 1. The van der Waals surface area contributed by atoms with Crippen molar-refractivity contribution in [1.29, 1.82) is 0 Å². The van der Waals surface area contributed by atoms with Crippen LogP contribution in [0.15, 0.2) is 24.3 Å². The zero-order valence-electron chi connectivity index (χ0n) is 15.6. The number of carboxylic acid groups (broad SMARTS) is 1. The Kier molecular flexibility index (Phi) is 7.01. The molecule has 2 rings (SSSR count). The average Bonchev–Trinajstić information content (AvgIpc) is 2.59. The molecule has 3 unspecified atom stereocenters. The number of piperidine rings is 1. The molecule has 1 amide bonds. The van der Waals surface area contributed by atoms with Crippen LogP contribution >= 0.6 is 11.6 Å². The van der Waals surface area contributed by atoms with E-state index < -0.39 is 12.2 Å². The van der Waals surface area contributed by atoms with Crippen LogP contribution in [-0.4, -0.2) is 58.4 Å². The van der Waals surface area contributed by atoms with Gasteiger partial charge >= 0.3 is 6.09 Å². The number of nitrogens with one attached hydrogen (secondary N) is 1. The van der Waals surface area contributed by atoms with E-state index in [1.165, 1.54) is 4.90 Å². The molecule has 26 heavy (non-hydrogen) atoms. The van der Waals surface area contributed by atoms with Gasteiger partial charge < -0.3 is 25.2 Å². The molecular weight excluding hydrogens is 356 g/mol. The Morgan fingerprint density at radius 1 is 1.46 bits per heavy atom. The number of hydrogen-bond acceptors (Lipinski definition) is 4. The molecular formula is C19H29ClN2O4. The maximum atomic E-state index is 11.5. The highest BCUT2D eigenvalue weighted by Crippen LogP contribution is 2.34. The number of nitrogens with zero attached hydrogens (tertiary/aromatic N) is 1. The third-order valence-corrected chi connectivity index (χ3v) is 5.01. The maximum Gasteiger partial charge on any atom is 0.407 e. The van der Waals surface area contributed by atoms with Gasteiger partial charge in [-0.25, -0.2) is 4.79 Å². The average molecular weight is 385 g/mol. The summed E-state index contributed by atoms with van der Waals surface area (Å²) < 4.78 is 6.13. The van der Waals surface area contributed by atoms with Gasteiger partial charge in [-0.1, -0.05) is 26.8 Å². The second kappa shape index (κ2) is 8.82. The first-order valence-electron chi connectivity index (χ1n) is 8.95. The van der Waals surface area contributed by atoms with Crippen LogP contribution in [0.3, 0.4) is 0 Å². The minimum atomic E-state index is -0.868. The van der Waals surface area contributed by atoms with Gasteiger partial charge in [-0.15, -0.1) is 11.6 Å². The highest BCUT2D eigenvalue weighted by Gasteiger charge is 2.39. The highest BCUT2D eigenvalue weighted by molar-refractivity contribution is 6.18. The fourth-order valence-electron chi connectivity index (χ4n) is 3.25. The molecule has 0 bridgehead atoms. The number of anilines is 1. The summed E-state index contributed by atoms with van der Waals surface area (Å²) >= 11 is 5.60. The van der Waals surface area contributed by atoms with Crippen LogP contribution in [0.1, 0.15) is 33.6 Å². The van der Waals surface area contributed by atoms with Gasteiger partial charge in [-0.3, -0.25) is 0 Å². The predicted molar refractivity (Wildman–Crippen MR) is 103 cm³/mol. The number of hydrogen-bond donors (Lipinski definition) is 3. The van der Waals surface area contributed by atoms with Gasteiger partial charge in [0.1, 0.15) is 11.9 Å². The van der Waals surface area contributed by atoms with Crippen molar-refractivity contribution in [2.45, 2.75) is 51.9 Å². The summed E-state index contributed by atoms with van der Waals surface area (Å²) in [4.78, 5) is 13.1. The molecule has 1 aliphatic heterocycles. The lowest BCUT2D eigenvalue weighted by atomic mass is 9.80. The number of rotatable bonds is 6. The smallest absolute Gasteiger partial charge is 0.407 e. The number of halogens is 1. The number of benzene rings is 1. The number of aliphatic hydroxyl groups excluding tert-OH is 1. The summed E-state index contributed by atoms with van der Waals surface area (Å²) in [5.74, 6) is 0.913. The van der Waals surface area contributed by atoms with Crippen LogP contribution < -0.4 is 10.1 Å². The molecule has 146 valence electrons. The Bertz CT molecular complexity index is 605. The van der Waals surface area contributed by atoms with Gasteiger partial charge in [-0.05, 0) is 17.5 Å². The van der Waals surface area contributed by atoms with Gasteiger partial charge in [0.15, 0.2) is 0 Å². The number of aliphatic hydroxyl groups is 1. The van der Waals surface area contributed by atoms with Crippen LogP contribution in [0.4, 0.5) is 10.5 Å². The Morgan fingerprint density at radius 2 is 2.19 bits per heavy atom. The topological polar surface area (TPSA) is 82.0 Å². The molecule has 0 aliphatic carbocycles. The Morgan fingerprint density at radius 3 is 2.81 bits per heavy atom. The zero-order chi connectivity index (χ0) is 19.3. The zero-order valence-corrected chi connectivity index (χ0v) is 16.4. The van der Waals surface area contributed by atoms with Gasteiger partial charge in [0, 0.05) is 43.7 Å². The number of likely N-dealkylation sites (tertiary alicyclic amines) is 1. The second-order valence-corrected chi connectivity index (χ2v) is 8.15. The number of ether oxygens (including phenoxy) is 1. The summed E-state index contributed by atoms with van der Waals surface area (Å²) in [7, 11) is 0. The van der Waals surface area contributed by atoms with E-state index in [1.807, 2.05) is 24.3 Å². The molecule has 0 radical (unpaired) electrons. The minimum Gasteiger partial charge on any atom is -0.490 e. The predicted octanol–water partition coefficient (Wildman–Crippen LogP) is 3.63. The van der Waals surface area contributed by atoms with Crippen molar-refractivity contribution in [3.63, 3.8) is 0 Å². The highest BCUT2D eigenvalue weighted by atomic mass is 35.5. The van der Waals surface area contributed by atoms with E-state index in [0.717, 1.165) is 11.4 Å². The molecule has 1 aliphatic rings. The second-order valence-electron chi connectivity index (χ2n) is 7.84. The normalized spacial score (nSPS) is 22.0. The van der Waals surface area contributed by atoms with Crippen LogP contribution in [0, 0.1) is 5.41 Å². The number of amides is 1. The van der Waals surface area contributed by atoms with E-state index in [2.05, 4.69) is 26.1 Å². The molecule has 1 fully saturated rings. The fraction of sp³-hybridized carbons (Fsp3) is 0.632. The van der Waals surface area contributed by atoms with E-state index >= 15 is 0 Å². The van der Waals surface area contributed by atoms with E-state index in [1.54, 1.807) is 0 Å². The molecule has 7 heteroatoms. The lowest BCUT2D eigenvalue weighted by Gasteiger charge is -2.44. The molecule has 1 aromatic rings. The Hall–Kier alpha value is -1.66. The van der Waals surface area contributed by atoms with Crippen LogP contribution in [0.5, 0.6) is 5.75 Å². The Balaban J connectivity index is 2.01. The van der Waals surface area contributed by atoms with Crippen molar-refractivity contribution in [2.75, 3.05) is 24.3 Å². The molecule has 3 atom stereocenters. The standard InChI is InChI=1S/C19H29ClN2O4/c1-19(2,3)17-10-16(7-8-22(17)18(24)25)26-15-6-4-5-13(9-15)21-12-14(23)11-20/h4-6,9,14,16-17,21,23H,7-8,10-12H2,1-3H3,(H,24,25). The van der Waals surface area contributed by atoms with Gasteiger partial charge in [0.2, 0.25) is 0 Å². The lowest BCUT2D eigenvalue weighted by Crippen LogP contribution is -2.53. The fourth-order valence-corrected chi connectivity index (χ4v) is 3.36. The van der Waals surface area contributed by atoms with Crippen LogP contribution in [0.2, 0.25) is 0 Å². The first kappa shape index (κ1) is 20.6. The van der Waals surface area contributed by atoms with Gasteiger partial charge in [-0.2, -0.15) is 0 Å². The van der Waals surface area contributed by atoms with Crippen molar-refractivity contribution < 1.29 is 19.7 Å². The molecule has 1 aromatic carbocycles. The molecule has 0 spiro atoms. The van der Waals surface area contributed by atoms with Crippen molar-refractivity contribution >= 4 is 23.4 Å². The monoisotopic (exact) mass is 384 g/mol.